The van der Waals surface area contributed by atoms with Gasteiger partial charge in [0.15, 0.2) is 5.54 Å². The quantitative estimate of drug-likeness (QED) is 0.671. The number of carbonyl (C=O) groups excluding carboxylic acids is 4. The Morgan fingerprint density at radius 3 is 2.52 bits per heavy atom. The second-order valence-corrected chi connectivity index (χ2v) is 6.66. The Kier molecular flexibility index (Phi) is 5.35. The molecule has 0 saturated carbocycles. The van der Waals surface area contributed by atoms with Crippen molar-refractivity contribution < 1.29 is 28.0 Å². The minimum Gasteiger partial charge on any atom is -0.466 e. The van der Waals surface area contributed by atoms with Crippen LogP contribution in [0.15, 0.2) is 47.1 Å². The third kappa shape index (κ3) is 3.96. The first-order chi connectivity index (χ1) is 13.7. The number of halogens is 1. The molecule has 5 amide bonds. The molecule has 3 rings (SSSR count). The zero-order chi connectivity index (χ0) is 21.2. The predicted octanol–water partition coefficient (Wildman–Crippen LogP) is 1.09. The van der Waals surface area contributed by atoms with Crippen LogP contribution in [-0.2, 0) is 19.9 Å². The second kappa shape index (κ2) is 7.74. The number of nitrogens with two attached hydrogens (primary N) is 1. The molecule has 0 spiro atoms. The van der Waals surface area contributed by atoms with Gasteiger partial charge >= 0.3 is 6.03 Å². The minimum absolute atomic E-state index is 0.0844. The van der Waals surface area contributed by atoms with Gasteiger partial charge < -0.3 is 20.4 Å². The number of carbonyl (C=O) groups is 4. The van der Waals surface area contributed by atoms with E-state index in [1.54, 1.807) is 12.1 Å². The summed E-state index contributed by atoms with van der Waals surface area (Å²) in [4.78, 5) is 51.2. The van der Waals surface area contributed by atoms with Crippen LogP contribution in [-0.4, -0.2) is 41.7 Å². The van der Waals surface area contributed by atoms with E-state index in [-0.39, 0.29) is 18.7 Å². The molecule has 1 aliphatic heterocycles. The van der Waals surface area contributed by atoms with Crippen LogP contribution in [0.4, 0.5) is 14.9 Å². The van der Waals surface area contributed by atoms with Crippen LogP contribution in [0.2, 0.25) is 0 Å². The van der Waals surface area contributed by atoms with Crippen molar-refractivity contribution >= 4 is 29.4 Å². The average Bonchev–Trinajstić information content (AvgIpc) is 3.28. The van der Waals surface area contributed by atoms with Gasteiger partial charge in [0.1, 0.15) is 18.1 Å². The molecule has 1 saturated heterocycles. The highest BCUT2D eigenvalue weighted by Gasteiger charge is 2.51. The van der Waals surface area contributed by atoms with Crippen LogP contribution in [0.1, 0.15) is 19.1 Å². The van der Waals surface area contributed by atoms with Gasteiger partial charge in [-0.25, -0.2) is 9.18 Å². The lowest BCUT2D eigenvalue weighted by Crippen LogP contribution is -2.45. The number of nitrogens with zero attached hydrogens (tertiary/aromatic N) is 2. The predicted molar refractivity (Wildman–Crippen MR) is 98.9 cm³/mol. The maximum atomic E-state index is 13.2. The van der Waals surface area contributed by atoms with E-state index < -0.39 is 41.7 Å². The summed E-state index contributed by atoms with van der Waals surface area (Å²) < 4.78 is 18.5. The first-order valence-electron chi connectivity index (χ1n) is 8.74. The molecule has 10 heteroatoms. The molecule has 1 aromatic heterocycles. The fraction of sp³-hybridized carbons (Fsp3) is 0.263. The maximum Gasteiger partial charge on any atom is 0.325 e. The highest BCUT2D eigenvalue weighted by atomic mass is 19.1. The van der Waals surface area contributed by atoms with E-state index in [0.717, 1.165) is 17.0 Å². The number of benzene rings is 1. The van der Waals surface area contributed by atoms with E-state index in [9.17, 15) is 23.6 Å². The van der Waals surface area contributed by atoms with Gasteiger partial charge in [0.25, 0.3) is 5.91 Å². The number of amides is 5. The summed E-state index contributed by atoms with van der Waals surface area (Å²) in [6.45, 7) is 0.817. The van der Waals surface area contributed by atoms with Crippen molar-refractivity contribution in [2.45, 2.75) is 18.9 Å². The number of hydrogen-bond acceptors (Lipinski definition) is 5. The molecule has 3 N–H and O–H groups in total. The molecular weight excluding hydrogens is 383 g/mol. The van der Waals surface area contributed by atoms with Crippen LogP contribution in [0.25, 0.3) is 0 Å². The SMILES string of the molecule is CC1(c2ccco2)NC(=O)N(CC(=O)N(CCC(N)=O)c2ccc(F)cc2)C1=O. The fourth-order valence-electron chi connectivity index (χ4n) is 3.03. The van der Waals surface area contributed by atoms with Gasteiger partial charge in [-0.3, -0.25) is 19.3 Å². The van der Waals surface area contributed by atoms with Crippen LogP contribution < -0.4 is 16.0 Å². The first kappa shape index (κ1) is 20.1. The Labute approximate surface area is 165 Å². The van der Waals surface area contributed by atoms with Crippen LogP contribution in [0, 0.1) is 5.82 Å². The summed E-state index contributed by atoms with van der Waals surface area (Å²) in [7, 11) is 0. The van der Waals surface area contributed by atoms with Crippen LogP contribution in [0.3, 0.4) is 0 Å². The summed E-state index contributed by atoms with van der Waals surface area (Å²) in [5.41, 5.74) is 4.03. The van der Waals surface area contributed by atoms with Gasteiger partial charge in [-0.2, -0.15) is 0 Å². The average molecular weight is 402 g/mol. The number of rotatable bonds is 7. The Hall–Kier alpha value is -3.69. The molecule has 0 bridgehead atoms. The van der Waals surface area contributed by atoms with Crippen molar-refractivity contribution in [3.05, 3.63) is 54.2 Å². The zero-order valence-electron chi connectivity index (χ0n) is 15.6. The van der Waals surface area contributed by atoms with Gasteiger partial charge in [-0.05, 0) is 43.3 Å². The molecule has 0 radical (unpaired) electrons. The molecule has 0 aliphatic carbocycles. The number of anilines is 1. The number of furan rings is 1. The lowest BCUT2D eigenvalue weighted by molar-refractivity contribution is -0.134. The number of imide groups is 1. The van der Waals surface area contributed by atoms with Crippen molar-refractivity contribution in [2.75, 3.05) is 18.0 Å². The van der Waals surface area contributed by atoms with Gasteiger partial charge in [0.05, 0.1) is 6.26 Å². The van der Waals surface area contributed by atoms with Crippen LogP contribution in [0.5, 0.6) is 0 Å². The highest BCUT2D eigenvalue weighted by Crippen LogP contribution is 2.29. The Morgan fingerprint density at radius 2 is 1.93 bits per heavy atom. The smallest absolute Gasteiger partial charge is 0.325 e. The normalized spacial score (nSPS) is 18.6. The van der Waals surface area contributed by atoms with Gasteiger partial charge in [-0.1, -0.05) is 0 Å². The maximum absolute atomic E-state index is 13.2. The fourth-order valence-corrected chi connectivity index (χ4v) is 3.03. The van der Waals surface area contributed by atoms with Gasteiger partial charge in [-0.15, -0.1) is 0 Å². The van der Waals surface area contributed by atoms with E-state index in [2.05, 4.69) is 5.32 Å². The van der Waals surface area contributed by atoms with Crippen molar-refractivity contribution in [2.24, 2.45) is 5.73 Å². The molecule has 2 aromatic rings. The number of nitrogens with one attached hydrogen (secondary N) is 1. The Morgan fingerprint density at radius 1 is 1.24 bits per heavy atom. The summed E-state index contributed by atoms with van der Waals surface area (Å²) in [5.74, 6) is -2.19. The third-order valence-corrected chi connectivity index (χ3v) is 4.60. The molecule has 1 aliphatic rings. The highest BCUT2D eigenvalue weighted by molar-refractivity contribution is 6.10. The van der Waals surface area contributed by atoms with E-state index >= 15 is 0 Å². The molecule has 1 unspecified atom stereocenters. The molecule has 29 heavy (non-hydrogen) atoms. The van der Waals surface area contributed by atoms with E-state index in [1.807, 2.05) is 0 Å². The number of primary amides is 1. The van der Waals surface area contributed by atoms with E-state index in [4.69, 9.17) is 10.2 Å². The largest absolute Gasteiger partial charge is 0.466 e. The van der Waals surface area contributed by atoms with Crippen molar-refractivity contribution in [1.82, 2.24) is 10.2 Å². The lowest BCUT2D eigenvalue weighted by Gasteiger charge is -2.25. The van der Waals surface area contributed by atoms with Gasteiger partial charge in [0, 0.05) is 18.7 Å². The third-order valence-electron chi connectivity index (χ3n) is 4.60. The van der Waals surface area contributed by atoms with Crippen molar-refractivity contribution in [1.29, 1.82) is 0 Å². The van der Waals surface area contributed by atoms with Crippen molar-refractivity contribution in [3.63, 3.8) is 0 Å². The lowest BCUT2D eigenvalue weighted by atomic mass is 9.99. The van der Waals surface area contributed by atoms with Crippen molar-refractivity contribution in [3.8, 4) is 0 Å². The minimum atomic E-state index is -1.44. The number of hydrogen-bond donors (Lipinski definition) is 2. The van der Waals surface area contributed by atoms with Gasteiger partial charge in [0.2, 0.25) is 11.8 Å². The molecule has 152 valence electrons. The summed E-state index contributed by atoms with van der Waals surface area (Å²) in [5, 5.41) is 2.52. The summed E-state index contributed by atoms with van der Waals surface area (Å²) >= 11 is 0. The summed E-state index contributed by atoms with van der Waals surface area (Å²) in [6.07, 6.45) is 1.22. The second-order valence-electron chi connectivity index (χ2n) is 6.66. The van der Waals surface area contributed by atoms with E-state index in [1.165, 1.54) is 30.2 Å². The summed E-state index contributed by atoms with van der Waals surface area (Å²) in [6, 6.07) is 7.38. The van der Waals surface area contributed by atoms with E-state index in [0.29, 0.717) is 5.69 Å². The number of urea groups is 1. The Balaban J connectivity index is 1.81. The standard InChI is InChI=1S/C19H19FN4O5/c1-19(14-3-2-10-29-14)17(27)24(18(28)22-19)11-16(26)23(9-8-15(21)25)13-6-4-12(20)5-7-13/h2-7,10H,8-9,11H2,1H3,(H2,21,25)(H,22,28). The van der Waals surface area contributed by atoms with Crippen LogP contribution >= 0.6 is 0 Å². The first-order valence-corrected chi connectivity index (χ1v) is 8.74. The molecular formula is C19H19FN4O5. The molecule has 1 fully saturated rings. The molecule has 2 heterocycles. The topological polar surface area (TPSA) is 126 Å². The molecule has 9 nitrogen and oxygen atoms in total. The monoisotopic (exact) mass is 402 g/mol. The Bertz CT molecular complexity index is 944. The molecule has 1 aromatic carbocycles. The zero-order valence-corrected chi connectivity index (χ0v) is 15.6. The molecule has 1 atom stereocenters.